The van der Waals surface area contributed by atoms with E-state index in [-0.39, 0.29) is 18.3 Å². The predicted octanol–water partition coefficient (Wildman–Crippen LogP) is 3.72. The van der Waals surface area contributed by atoms with Crippen molar-refractivity contribution < 1.29 is 4.79 Å². The van der Waals surface area contributed by atoms with Gasteiger partial charge in [-0.2, -0.15) is 0 Å². The molecule has 2 fully saturated rings. The van der Waals surface area contributed by atoms with E-state index in [0.29, 0.717) is 23.9 Å². The predicted molar refractivity (Wildman–Crippen MR) is 101 cm³/mol. The van der Waals surface area contributed by atoms with Gasteiger partial charge >= 0.3 is 0 Å². The summed E-state index contributed by atoms with van der Waals surface area (Å²) in [5.74, 6) is 1.28. The molecule has 2 saturated carbocycles. The molecule has 3 rings (SSSR count). The molecule has 0 aromatic heterocycles. The molecule has 2 aliphatic rings. The zero-order valence-corrected chi connectivity index (χ0v) is 15.9. The molecule has 0 spiro atoms. The van der Waals surface area contributed by atoms with Gasteiger partial charge < -0.3 is 11.1 Å². The maximum Gasteiger partial charge on any atom is 0.230 e. The number of carbonyl (C=O) groups excluding carboxylic acids is 1. The number of aryl methyl sites for hydroxylation is 1. The number of rotatable bonds is 3. The van der Waals surface area contributed by atoms with Gasteiger partial charge in [0.1, 0.15) is 0 Å². The molecule has 2 unspecified atom stereocenters. The van der Waals surface area contributed by atoms with E-state index >= 15 is 0 Å². The van der Waals surface area contributed by atoms with Gasteiger partial charge in [-0.15, -0.1) is 12.4 Å². The van der Waals surface area contributed by atoms with Gasteiger partial charge in [-0.05, 0) is 63.9 Å². The van der Waals surface area contributed by atoms with Crippen LogP contribution in [-0.4, -0.2) is 18.0 Å². The molecule has 3 nitrogen and oxygen atoms in total. The standard InChI is InChI=1S/C20H30N2O.ClH/c1-13-7-9-16(10-8-13)20(2,3)19(23)22-18-14-5-4-6-15(18)12-17(21)11-14;/h7-10,14-15,17-18H,4-6,11-12,21H2,1-3H3,(H,22,23);1H. The van der Waals surface area contributed by atoms with Gasteiger partial charge in [0.2, 0.25) is 5.91 Å². The smallest absolute Gasteiger partial charge is 0.230 e. The summed E-state index contributed by atoms with van der Waals surface area (Å²) in [6.45, 7) is 6.12. The Bertz CT molecular complexity index is 556. The van der Waals surface area contributed by atoms with Gasteiger partial charge in [0.15, 0.2) is 0 Å². The minimum atomic E-state index is -0.498. The fourth-order valence-electron chi connectivity index (χ4n) is 4.46. The minimum Gasteiger partial charge on any atom is -0.352 e. The normalized spacial score (nSPS) is 29.5. The highest BCUT2D eigenvalue weighted by molar-refractivity contribution is 5.87. The molecule has 2 atom stereocenters. The third-order valence-electron chi connectivity index (χ3n) is 6.02. The first kappa shape index (κ1) is 19.3. The van der Waals surface area contributed by atoms with Crippen LogP contribution in [0.15, 0.2) is 24.3 Å². The number of halogens is 1. The second kappa shape index (κ2) is 7.45. The van der Waals surface area contributed by atoms with Gasteiger partial charge in [0.25, 0.3) is 0 Å². The fraction of sp³-hybridized carbons (Fsp3) is 0.650. The molecule has 1 aromatic rings. The molecule has 0 heterocycles. The Balaban J connectivity index is 0.00000208. The summed E-state index contributed by atoms with van der Waals surface area (Å²) in [5.41, 5.74) is 8.00. The number of amides is 1. The lowest BCUT2D eigenvalue weighted by atomic mass is 9.66. The Kier molecular flexibility index (Phi) is 5.98. The van der Waals surface area contributed by atoms with Crippen LogP contribution < -0.4 is 11.1 Å². The Labute approximate surface area is 152 Å². The highest BCUT2D eigenvalue weighted by Crippen LogP contribution is 2.40. The van der Waals surface area contributed by atoms with E-state index in [4.69, 9.17) is 5.73 Å². The largest absolute Gasteiger partial charge is 0.352 e. The second-order valence-corrected chi connectivity index (χ2v) is 8.17. The number of nitrogens with one attached hydrogen (secondary N) is 1. The molecule has 134 valence electrons. The average molecular weight is 351 g/mol. The van der Waals surface area contributed by atoms with E-state index < -0.39 is 5.41 Å². The summed E-state index contributed by atoms with van der Waals surface area (Å²) in [5, 5.41) is 3.40. The van der Waals surface area contributed by atoms with Gasteiger partial charge in [-0.25, -0.2) is 0 Å². The Morgan fingerprint density at radius 1 is 1.12 bits per heavy atom. The lowest BCUT2D eigenvalue weighted by molar-refractivity contribution is -0.128. The summed E-state index contributed by atoms with van der Waals surface area (Å²) < 4.78 is 0. The first-order chi connectivity index (χ1) is 10.9. The molecular weight excluding hydrogens is 320 g/mol. The van der Waals surface area contributed by atoms with Crippen molar-refractivity contribution in [2.45, 2.75) is 70.4 Å². The molecule has 3 N–H and O–H groups in total. The topological polar surface area (TPSA) is 55.1 Å². The van der Waals surface area contributed by atoms with E-state index in [1.807, 2.05) is 13.8 Å². The van der Waals surface area contributed by atoms with Crippen molar-refractivity contribution in [3.05, 3.63) is 35.4 Å². The highest BCUT2D eigenvalue weighted by atomic mass is 35.5. The molecule has 1 aromatic carbocycles. The quantitative estimate of drug-likeness (QED) is 0.872. The summed E-state index contributed by atoms with van der Waals surface area (Å²) in [4.78, 5) is 13.0. The first-order valence-electron chi connectivity index (χ1n) is 9.01. The van der Waals surface area contributed by atoms with Gasteiger partial charge in [-0.1, -0.05) is 36.2 Å². The molecule has 4 heteroatoms. The van der Waals surface area contributed by atoms with Crippen LogP contribution in [0, 0.1) is 18.8 Å². The Morgan fingerprint density at radius 3 is 2.21 bits per heavy atom. The summed E-state index contributed by atoms with van der Waals surface area (Å²) in [6.07, 6.45) is 5.83. The van der Waals surface area contributed by atoms with Crippen LogP contribution in [-0.2, 0) is 10.2 Å². The molecule has 0 radical (unpaired) electrons. The molecule has 1 amide bonds. The summed E-state index contributed by atoms with van der Waals surface area (Å²) in [7, 11) is 0. The zero-order chi connectivity index (χ0) is 16.6. The zero-order valence-electron chi connectivity index (χ0n) is 15.0. The summed E-state index contributed by atoms with van der Waals surface area (Å²) in [6, 6.07) is 8.96. The molecule has 0 saturated heterocycles. The SMILES string of the molecule is Cc1ccc(C(C)(C)C(=O)NC2C3CCCC2CC(N)C3)cc1.Cl. The van der Waals surface area contributed by atoms with Crippen LogP contribution in [0.25, 0.3) is 0 Å². The van der Waals surface area contributed by atoms with Crippen LogP contribution in [0.2, 0.25) is 0 Å². The molecule has 2 aliphatic carbocycles. The Morgan fingerprint density at radius 2 is 1.67 bits per heavy atom. The molecular formula is C20H31ClN2O. The molecule has 0 aliphatic heterocycles. The van der Waals surface area contributed by atoms with E-state index in [9.17, 15) is 4.79 Å². The van der Waals surface area contributed by atoms with Gasteiger partial charge in [-0.3, -0.25) is 4.79 Å². The minimum absolute atomic E-state index is 0. The van der Waals surface area contributed by atoms with Crippen LogP contribution in [0.5, 0.6) is 0 Å². The van der Waals surface area contributed by atoms with Crippen LogP contribution in [0.1, 0.15) is 57.1 Å². The van der Waals surface area contributed by atoms with Crippen molar-refractivity contribution in [3.8, 4) is 0 Å². The number of nitrogens with two attached hydrogens (primary N) is 1. The highest BCUT2D eigenvalue weighted by Gasteiger charge is 2.42. The number of benzene rings is 1. The lowest BCUT2D eigenvalue weighted by Gasteiger charge is -2.46. The lowest BCUT2D eigenvalue weighted by Crippen LogP contribution is -2.56. The van der Waals surface area contributed by atoms with Crippen LogP contribution in [0.4, 0.5) is 0 Å². The van der Waals surface area contributed by atoms with Crippen molar-refractivity contribution in [1.29, 1.82) is 0 Å². The van der Waals surface area contributed by atoms with Crippen molar-refractivity contribution in [3.63, 3.8) is 0 Å². The molecule has 2 bridgehead atoms. The third-order valence-corrected chi connectivity index (χ3v) is 6.02. The van der Waals surface area contributed by atoms with Crippen LogP contribution >= 0.6 is 12.4 Å². The van der Waals surface area contributed by atoms with Gasteiger partial charge in [0, 0.05) is 12.1 Å². The number of carbonyl (C=O) groups is 1. The van der Waals surface area contributed by atoms with E-state index in [0.717, 1.165) is 18.4 Å². The molecule has 24 heavy (non-hydrogen) atoms. The third kappa shape index (κ3) is 3.78. The van der Waals surface area contributed by atoms with Crippen molar-refractivity contribution in [1.82, 2.24) is 5.32 Å². The maximum absolute atomic E-state index is 13.0. The summed E-state index contributed by atoms with van der Waals surface area (Å²) >= 11 is 0. The van der Waals surface area contributed by atoms with Crippen LogP contribution in [0.3, 0.4) is 0 Å². The number of hydrogen-bond donors (Lipinski definition) is 2. The van der Waals surface area contributed by atoms with E-state index in [1.165, 1.54) is 24.8 Å². The number of fused-ring (bicyclic) bond motifs is 2. The van der Waals surface area contributed by atoms with Crippen molar-refractivity contribution in [2.24, 2.45) is 17.6 Å². The average Bonchev–Trinajstić information content (AvgIpc) is 2.48. The van der Waals surface area contributed by atoms with E-state index in [1.54, 1.807) is 0 Å². The van der Waals surface area contributed by atoms with Crippen molar-refractivity contribution >= 4 is 18.3 Å². The number of hydrogen-bond acceptors (Lipinski definition) is 2. The van der Waals surface area contributed by atoms with Gasteiger partial charge in [0.05, 0.1) is 5.41 Å². The Hall–Kier alpha value is -1.06. The fourth-order valence-corrected chi connectivity index (χ4v) is 4.46. The van der Waals surface area contributed by atoms with E-state index in [2.05, 4.69) is 36.5 Å². The first-order valence-corrected chi connectivity index (χ1v) is 9.01. The second-order valence-electron chi connectivity index (χ2n) is 8.17. The monoisotopic (exact) mass is 350 g/mol. The van der Waals surface area contributed by atoms with Crippen molar-refractivity contribution in [2.75, 3.05) is 0 Å². The maximum atomic E-state index is 13.0.